The lowest BCUT2D eigenvalue weighted by molar-refractivity contribution is 0.534. The molecule has 0 saturated heterocycles. The molecule has 0 aliphatic carbocycles. The summed E-state index contributed by atoms with van der Waals surface area (Å²) in [7, 11) is 0. The van der Waals surface area contributed by atoms with Crippen molar-refractivity contribution in [3.8, 4) is 0 Å². The summed E-state index contributed by atoms with van der Waals surface area (Å²) >= 11 is 1.92. The minimum absolute atomic E-state index is 0.834. The molecule has 0 amide bonds. The van der Waals surface area contributed by atoms with Gasteiger partial charge in [0, 0.05) is 17.2 Å². The Labute approximate surface area is 104 Å². The molecule has 0 fully saturated rings. The first kappa shape index (κ1) is 13.6. The highest BCUT2D eigenvalue weighted by Crippen LogP contribution is 2.15. The van der Waals surface area contributed by atoms with E-state index in [4.69, 9.17) is 0 Å². The van der Waals surface area contributed by atoms with Gasteiger partial charge in [0.2, 0.25) is 0 Å². The van der Waals surface area contributed by atoms with Gasteiger partial charge in [-0.15, -0.1) is 11.8 Å². The summed E-state index contributed by atoms with van der Waals surface area (Å²) in [5.41, 5.74) is 0. The topological polar surface area (TPSA) is 12.0 Å². The molecule has 0 bridgehead atoms. The molecule has 1 rings (SSSR count). The van der Waals surface area contributed by atoms with Gasteiger partial charge in [0.1, 0.15) is 0 Å². The summed E-state index contributed by atoms with van der Waals surface area (Å²) in [5, 5.41) is 3.49. The Morgan fingerprint density at radius 2 is 1.88 bits per heavy atom. The van der Waals surface area contributed by atoms with Crippen molar-refractivity contribution in [1.29, 1.82) is 0 Å². The van der Waals surface area contributed by atoms with Gasteiger partial charge >= 0.3 is 0 Å². The number of hydrogen-bond acceptors (Lipinski definition) is 2. The van der Waals surface area contributed by atoms with Crippen LogP contribution in [0.3, 0.4) is 0 Å². The van der Waals surface area contributed by atoms with Crippen molar-refractivity contribution in [3.05, 3.63) is 30.3 Å². The normalized spacial score (nSPS) is 10.9. The number of benzene rings is 1. The minimum Gasteiger partial charge on any atom is -0.316 e. The quantitative estimate of drug-likeness (QED) is 0.545. The van der Waals surface area contributed by atoms with Gasteiger partial charge in [-0.1, -0.05) is 32.0 Å². The third kappa shape index (κ3) is 6.91. The van der Waals surface area contributed by atoms with Gasteiger partial charge in [-0.3, -0.25) is 0 Å². The molecule has 0 aromatic heterocycles. The van der Waals surface area contributed by atoms with Crippen LogP contribution in [0.15, 0.2) is 35.2 Å². The maximum Gasteiger partial charge on any atom is 0.0106 e. The number of nitrogens with one attached hydrogen (secondary N) is 1. The lowest BCUT2D eigenvalue weighted by Gasteiger charge is -2.06. The monoisotopic (exact) mass is 237 g/mol. The smallest absolute Gasteiger partial charge is 0.0106 e. The second kappa shape index (κ2) is 8.66. The predicted molar refractivity (Wildman–Crippen MR) is 74.1 cm³/mol. The highest BCUT2D eigenvalue weighted by atomic mass is 32.2. The highest BCUT2D eigenvalue weighted by Gasteiger charge is 1.94. The van der Waals surface area contributed by atoms with Gasteiger partial charge in [-0.25, -0.2) is 0 Å². The molecule has 0 unspecified atom stereocenters. The van der Waals surface area contributed by atoms with Gasteiger partial charge in [0.05, 0.1) is 0 Å². The summed E-state index contributed by atoms with van der Waals surface area (Å²) in [6.07, 6.45) is 2.63. The largest absolute Gasteiger partial charge is 0.316 e. The molecule has 0 heterocycles. The van der Waals surface area contributed by atoms with E-state index in [0.717, 1.165) is 24.8 Å². The summed E-state index contributed by atoms with van der Waals surface area (Å²) in [4.78, 5) is 1.37. The van der Waals surface area contributed by atoms with Crippen LogP contribution in [0.5, 0.6) is 0 Å². The highest BCUT2D eigenvalue weighted by molar-refractivity contribution is 7.99. The Morgan fingerprint density at radius 1 is 1.12 bits per heavy atom. The van der Waals surface area contributed by atoms with Crippen LogP contribution in [0.25, 0.3) is 0 Å². The Morgan fingerprint density at radius 3 is 2.56 bits per heavy atom. The summed E-state index contributed by atoms with van der Waals surface area (Å²) in [6, 6.07) is 10.6. The van der Waals surface area contributed by atoms with Crippen LogP contribution in [0.2, 0.25) is 0 Å². The average Bonchev–Trinajstić information content (AvgIpc) is 2.29. The third-order valence-corrected chi connectivity index (χ3v) is 3.44. The van der Waals surface area contributed by atoms with Gasteiger partial charge in [0.15, 0.2) is 0 Å². The van der Waals surface area contributed by atoms with Crippen molar-refractivity contribution >= 4 is 11.8 Å². The molecule has 0 aliphatic heterocycles. The predicted octanol–water partition coefficient (Wildman–Crippen LogP) is 3.80. The molecule has 90 valence electrons. The summed E-state index contributed by atoms with van der Waals surface area (Å²) in [5.74, 6) is 1.99. The van der Waals surface area contributed by atoms with E-state index in [1.54, 1.807) is 0 Å². The van der Waals surface area contributed by atoms with Crippen LogP contribution in [0.1, 0.15) is 26.7 Å². The van der Waals surface area contributed by atoms with Crippen LogP contribution >= 0.6 is 11.8 Å². The Bertz CT molecular complexity index is 259. The van der Waals surface area contributed by atoms with Crippen molar-refractivity contribution in [2.75, 3.05) is 18.8 Å². The number of hydrogen-bond donors (Lipinski definition) is 1. The standard InChI is InChI=1S/C14H23NS/c1-13(2)7-6-10-15-11-12-16-14-8-4-3-5-9-14/h3-5,8-9,13,15H,6-7,10-12H2,1-2H3. The van der Waals surface area contributed by atoms with E-state index in [9.17, 15) is 0 Å². The van der Waals surface area contributed by atoms with Crippen molar-refractivity contribution < 1.29 is 0 Å². The molecule has 0 saturated carbocycles. The first-order valence-corrected chi connectivity index (χ1v) is 7.16. The van der Waals surface area contributed by atoms with E-state index in [1.807, 2.05) is 11.8 Å². The number of rotatable bonds is 8. The summed E-state index contributed by atoms with van der Waals surface area (Å²) in [6.45, 7) is 6.84. The number of thioether (sulfide) groups is 1. The molecule has 16 heavy (non-hydrogen) atoms. The average molecular weight is 237 g/mol. The fourth-order valence-corrected chi connectivity index (χ4v) is 2.35. The maximum absolute atomic E-state index is 3.49. The molecule has 0 aliphatic rings. The van der Waals surface area contributed by atoms with E-state index >= 15 is 0 Å². The lowest BCUT2D eigenvalue weighted by atomic mass is 10.1. The van der Waals surface area contributed by atoms with Gasteiger partial charge < -0.3 is 5.32 Å². The van der Waals surface area contributed by atoms with Crippen LogP contribution in [0, 0.1) is 5.92 Å². The van der Waals surface area contributed by atoms with Crippen molar-refractivity contribution in [2.24, 2.45) is 5.92 Å². The zero-order valence-corrected chi connectivity index (χ0v) is 11.2. The lowest BCUT2D eigenvalue weighted by Crippen LogP contribution is -2.18. The van der Waals surface area contributed by atoms with E-state index in [-0.39, 0.29) is 0 Å². The minimum atomic E-state index is 0.834. The van der Waals surface area contributed by atoms with Gasteiger partial charge in [0.25, 0.3) is 0 Å². The molecule has 1 N–H and O–H groups in total. The maximum atomic E-state index is 3.49. The zero-order valence-electron chi connectivity index (χ0n) is 10.4. The molecule has 1 nitrogen and oxygen atoms in total. The fraction of sp³-hybridized carbons (Fsp3) is 0.571. The second-order valence-corrected chi connectivity index (χ2v) is 5.62. The Balaban J connectivity index is 1.93. The molecule has 1 aromatic rings. The third-order valence-electron chi connectivity index (χ3n) is 2.43. The fourth-order valence-electron chi connectivity index (χ4n) is 1.52. The van der Waals surface area contributed by atoms with E-state index in [0.29, 0.717) is 0 Å². The van der Waals surface area contributed by atoms with Crippen molar-refractivity contribution in [2.45, 2.75) is 31.6 Å². The van der Waals surface area contributed by atoms with Gasteiger partial charge in [-0.2, -0.15) is 0 Å². The van der Waals surface area contributed by atoms with Crippen molar-refractivity contribution in [3.63, 3.8) is 0 Å². The second-order valence-electron chi connectivity index (χ2n) is 4.45. The molecular formula is C14H23NS. The summed E-state index contributed by atoms with van der Waals surface area (Å²) < 4.78 is 0. The van der Waals surface area contributed by atoms with E-state index < -0.39 is 0 Å². The zero-order chi connectivity index (χ0) is 11.6. The SMILES string of the molecule is CC(C)CCCNCCSc1ccccc1. The molecule has 1 aromatic carbocycles. The first-order chi connectivity index (χ1) is 7.79. The van der Waals surface area contributed by atoms with E-state index in [1.165, 1.54) is 17.7 Å². The molecule has 0 atom stereocenters. The molecular weight excluding hydrogens is 214 g/mol. The molecule has 0 spiro atoms. The van der Waals surface area contributed by atoms with Crippen LogP contribution in [-0.4, -0.2) is 18.8 Å². The van der Waals surface area contributed by atoms with E-state index in [2.05, 4.69) is 49.5 Å². The molecule has 0 radical (unpaired) electrons. The Kier molecular flexibility index (Phi) is 7.35. The van der Waals surface area contributed by atoms with Crippen LogP contribution in [0.4, 0.5) is 0 Å². The Hall–Kier alpha value is -0.470. The first-order valence-electron chi connectivity index (χ1n) is 6.17. The van der Waals surface area contributed by atoms with Gasteiger partial charge in [-0.05, 0) is 37.4 Å². The van der Waals surface area contributed by atoms with Crippen LogP contribution in [-0.2, 0) is 0 Å². The molecule has 2 heteroatoms. The van der Waals surface area contributed by atoms with Crippen LogP contribution < -0.4 is 5.32 Å². The van der Waals surface area contributed by atoms with Crippen molar-refractivity contribution in [1.82, 2.24) is 5.32 Å².